The first-order valence-electron chi connectivity index (χ1n) is 7.17. The van der Waals surface area contributed by atoms with Crippen LogP contribution in [0.1, 0.15) is 52.1 Å². The van der Waals surface area contributed by atoms with Crippen LogP contribution in [0, 0.1) is 5.92 Å². The van der Waals surface area contributed by atoms with Gasteiger partial charge in [0.15, 0.2) is 0 Å². The SMILES string of the molecule is CCNC(C)c1ccc(OCC(CC)CC)cc1. The summed E-state index contributed by atoms with van der Waals surface area (Å²) in [6.07, 6.45) is 2.37. The first-order chi connectivity index (χ1) is 8.71. The topological polar surface area (TPSA) is 21.3 Å². The fourth-order valence-corrected chi connectivity index (χ4v) is 2.02. The van der Waals surface area contributed by atoms with Crippen LogP contribution in [-0.2, 0) is 0 Å². The molecule has 0 radical (unpaired) electrons. The van der Waals surface area contributed by atoms with Crippen LogP contribution in [-0.4, -0.2) is 13.2 Å². The van der Waals surface area contributed by atoms with E-state index in [4.69, 9.17) is 4.74 Å². The molecule has 0 heterocycles. The highest BCUT2D eigenvalue weighted by atomic mass is 16.5. The fraction of sp³-hybridized carbons (Fsp3) is 0.625. The second-order valence-corrected chi connectivity index (χ2v) is 4.84. The van der Waals surface area contributed by atoms with Crippen molar-refractivity contribution in [1.29, 1.82) is 0 Å². The van der Waals surface area contributed by atoms with Gasteiger partial charge in [-0.25, -0.2) is 0 Å². The summed E-state index contributed by atoms with van der Waals surface area (Å²) in [7, 11) is 0. The minimum atomic E-state index is 0.406. The molecule has 1 atom stereocenters. The summed E-state index contributed by atoms with van der Waals surface area (Å²) in [6.45, 7) is 10.6. The number of benzene rings is 1. The molecule has 0 bridgehead atoms. The fourth-order valence-electron chi connectivity index (χ4n) is 2.02. The average Bonchev–Trinajstić information content (AvgIpc) is 2.41. The molecule has 1 aromatic carbocycles. The van der Waals surface area contributed by atoms with Gasteiger partial charge in [0.1, 0.15) is 5.75 Å². The summed E-state index contributed by atoms with van der Waals surface area (Å²) in [6, 6.07) is 8.85. The second kappa shape index (κ2) is 8.15. The normalized spacial score (nSPS) is 12.7. The lowest BCUT2D eigenvalue weighted by molar-refractivity contribution is 0.240. The largest absolute Gasteiger partial charge is 0.493 e. The molecular formula is C16H27NO. The van der Waals surface area contributed by atoms with Gasteiger partial charge in [-0.3, -0.25) is 0 Å². The van der Waals surface area contributed by atoms with Gasteiger partial charge in [-0.15, -0.1) is 0 Å². The molecule has 0 aliphatic rings. The maximum atomic E-state index is 5.82. The summed E-state index contributed by atoms with van der Waals surface area (Å²) in [5, 5.41) is 3.41. The van der Waals surface area contributed by atoms with Crippen molar-refractivity contribution in [2.75, 3.05) is 13.2 Å². The van der Waals surface area contributed by atoms with Gasteiger partial charge in [-0.2, -0.15) is 0 Å². The molecule has 2 heteroatoms. The molecule has 2 nitrogen and oxygen atoms in total. The Hall–Kier alpha value is -1.02. The van der Waals surface area contributed by atoms with Crippen LogP contribution in [0.4, 0.5) is 0 Å². The number of hydrogen-bond donors (Lipinski definition) is 1. The molecule has 18 heavy (non-hydrogen) atoms. The van der Waals surface area contributed by atoms with E-state index in [0.717, 1.165) is 18.9 Å². The maximum Gasteiger partial charge on any atom is 0.119 e. The minimum absolute atomic E-state index is 0.406. The van der Waals surface area contributed by atoms with Crippen molar-refractivity contribution in [2.45, 2.75) is 46.6 Å². The Kier molecular flexibility index (Phi) is 6.81. The highest BCUT2D eigenvalue weighted by molar-refractivity contribution is 5.28. The molecule has 102 valence electrons. The Morgan fingerprint density at radius 1 is 1.06 bits per heavy atom. The first kappa shape index (κ1) is 15.0. The predicted molar refractivity (Wildman–Crippen MR) is 78.1 cm³/mol. The van der Waals surface area contributed by atoms with Gasteiger partial charge in [0.2, 0.25) is 0 Å². The summed E-state index contributed by atoms with van der Waals surface area (Å²) >= 11 is 0. The lowest BCUT2D eigenvalue weighted by Crippen LogP contribution is -2.17. The van der Waals surface area contributed by atoms with Crippen molar-refractivity contribution in [3.05, 3.63) is 29.8 Å². The molecule has 1 aromatic rings. The van der Waals surface area contributed by atoms with E-state index in [1.807, 2.05) is 0 Å². The number of ether oxygens (including phenoxy) is 1. The Morgan fingerprint density at radius 3 is 2.17 bits per heavy atom. The van der Waals surface area contributed by atoms with E-state index in [-0.39, 0.29) is 0 Å². The van der Waals surface area contributed by atoms with Crippen LogP contribution >= 0.6 is 0 Å². The molecule has 1 N–H and O–H groups in total. The zero-order valence-corrected chi connectivity index (χ0v) is 12.2. The van der Waals surface area contributed by atoms with Crippen LogP contribution in [0.3, 0.4) is 0 Å². The van der Waals surface area contributed by atoms with Crippen molar-refractivity contribution >= 4 is 0 Å². The third-order valence-corrected chi connectivity index (χ3v) is 3.53. The van der Waals surface area contributed by atoms with Crippen LogP contribution in [0.15, 0.2) is 24.3 Å². The van der Waals surface area contributed by atoms with Crippen molar-refractivity contribution in [3.63, 3.8) is 0 Å². The standard InChI is InChI=1S/C16H27NO/c1-5-14(6-2)12-18-16-10-8-15(9-11-16)13(4)17-7-3/h8-11,13-14,17H,5-7,12H2,1-4H3. The van der Waals surface area contributed by atoms with Crippen LogP contribution in [0.2, 0.25) is 0 Å². The van der Waals surface area contributed by atoms with E-state index in [9.17, 15) is 0 Å². The maximum absolute atomic E-state index is 5.82. The Labute approximate surface area is 112 Å². The summed E-state index contributed by atoms with van der Waals surface area (Å²) in [5.74, 6) is 1.65. The summed E-state index contributed by atoms with van der Waals surface area (Å²) < 4.78 is 5.82. The lowest BCUT2D eigenvalue weighted by atomic mass is 10.1. The van der Waals surface area contributed by atoms with Gasteiger partial charge < -0.3 is 10.1 Å². The van der Waals surface area contributed by atoms with Gasteiger partial charge in [0, 0.05) is 6.04 Å². The van der Waals surface area contributed by atoms with Crippen molar-refractivity contribution in [3.8, 4) is 5.75 Å². The van der Waals surface area contributed by atoms with E-state index in [0.29, 0.717) is 12.0 Å². The van der Waals surface area contributed by atoms with Gasteiger partial charge >= 0.3 is 0 Å². The van der Waals surface area contributed by atoms with E-state index in [1.54, 1.807) is 0 Å². The van der Waals surface area contributed by atoms with E-state index >= 15 is 0 Å². The molecule has 0 amide bonds. The first-order valence-corrected chi connectivity index (χ1v) is 7.17. The predicted octanol–water partition coefficient (Wildman–Crippen LogP) is 4.17. The quantitative estimate of drug-likeness (QED) is 0.746. The summed E-state index contributed by atoms with van der Waals surface area (Å²) in [4.78, 5) is 0. The molecule has 1 unspecified atom stereocenters. The van der Waals surface area contributed by atoms with Gasteiger partial charge in [0.25, 0.3) is 0 Å². The van der Waals surface area contributed by atoms with Crippen LogP contribution < -0.4 is 10.1 Å². The van der Waals surface area contributed by atoms with E-state index in [2.05, 4.69) is 57.3 Å². The number of rotatable bonds is 8. The van der Waals surface area contributed by atoms with Gasteiger partial charge in [-0.1, -0.05) is 45.7 Å². The van der Waals surface area contributed by atoms with E-state index < -0.39 is 0 Å². The monoisotopic (exact) mass is 249 g/mol. The Morgan fingerprint density at radius 2 is 1.67 bits per heavy atom. The van der Waals surface area contributed by atoms with Crippen molar-refractivity contribution in [2.24, 2.45) is 5.92 Å². The molecular weight excluding hydrogens is 222 g/mol. The highest BCUT2D eigenvalue weighted by Gasteiger charge is 2.06. The van der Waals surface area contributed by atoms with Crippen molar-refractivity contribution in [1.82, 2.24) is 5.32 Å². The zero-order chi connectivity index (χ0) is 13.4. The smallest absolute Gasteiger partial charge is 0.119 e. The lowest BCUT2D eigenvalue weighted by Gasteiger charge is -2.15. The third kappa shape index (κ3) is 4.69. The molecule has 0 saturated heterocycles. The highest BCUT2D eigenvalue weighted by Crippen LogP contribution is 2.19. The van der Waals surface area contributed by atoms with Crippen LogP contribution in [0.25, 0.3) is 0 Å². The number of hydrogen-bond acceptors (Lipinski definition) is 2. The average molecular weight is 249 g/mol. The van der Waals surface area contributed by atoms with Crippen molar-refractivity contribution < 1.29 is 4.74 Å². The molecule has 1 rings (SSSR count). The zero-order valence-electron chi connectivity index (χ0n) is 12.2. The molecule has 0 fully saturated rings. The third-order valence-electron chi connectivity index (χ3n) is 3.53. The molecule has 0 aromatic heterocycles. The minimum Gasteiger partial charge on any atom is -0.493 e. The molecule has 0 aliphatic carbocycles. The Balaban J connectivity index is 2.49. The Bertz CT molecular complexity index is 316. The molecule has 0 saturated carbocycles. The van der Waals surface area contributed by atoms with Gasteiger partial charge in [-0.05, 0) is 37.1 Å². The molecule has 0 aliphatic heterocycles. The van der Waals surface area contributed by atoms with E-state index in [1.165, 1.54) is 18.4 Å². The van der Waals surface area contributed by atoms with Crippen LogP contribution in [0.5, 0.6) is 5.75 Å². The number of nitrogens with one attached hydrogen (secondary N) is 1. The summed E-state index contributed by atoms with van der Waals surface area (Å²) in [5.41, 5.74) is 1.31. The second-order valence-electron chi connectivity index (χ2n) is 4.84. The molecule has 0 spiro atoms. The van der Waals surface area contributed by atoms with Gasteiger partial charge in [0.05, 0.1) is 6.61 Å².